The van der Waals surface area contributed by atoms with Gasteiger partial charge in [-0.25, -0.2) is 0 Å². The van der Waals surface area contributed by atoms with Crippen molar-refractivity contribution in [2.24, 2.45) is 7.05 Å². The number of nitrogens with one attached hydrogen (secondary N) is 1. The van der Waals surface area contributed by atoms with Crippen molar-refractivity contribution in [2.45, 2.75) is 6.92 Å². The molecule has 1 amide bonds. The van der Waals surface area contributed by atoms with Crippen LogP contribution in [0.1, 0.15) is 15.4 Å². The lowest BCUT2D eigenvalue weighted by Gasteiger charge is -2.07. The van der Waals surface area contributed by atoms with Crippen LogP contribution in [0.3, 0.4) is 0 Å². The van der Waals surface area contributed by atoms with Crippen molar-refractivity contribution < 1.29 is 9.53 Å². The molecule has 0 aliphatic rings. The summed E-state index contributed by atoms with van der Waals surface area (Å²) >= 11 is 7.25. The van der Waals surface area contributed by atoms with Crippen LogP contribution in [0.15, 0.2) is 30.3 Å². The van der Waals surface area contributed by atoms with Gasteiger partial charge in [-0.1, -0.05) is 11.6 Å². The molecule has 2 heterocycles. The van der Waals surface area contributed by atoms with Crippen LogP contribution < -0.4 is 10.1 Å². The molecule has 0 saturated heterocycles. The molecule has 0 bridgehead atoms. The molecule has 3 aromatic rings. The van der Waals surface area contributed by atoms with E-state index in [1.807, 2.05) is 20.0 Å². The summed E-state index contributed by atoms with van der Waals surface area (Å²) in [5.74, 6) is 0.637. The van der Waals surface area contributed by atoms with E-state index in [2.05, 4.69) is 10.4 Å². The highest BCUT2D eigenvalue weighted by atomic mass is 35.5. The molecule has 1 aromatic carbocycles. The number of fused-ring (bicyclic) bond motifs is 1. The molecule has 0 radical (unpaired) electrons. The molecule has 0 aliphatic heterocycles. The normalized spacial score (nSPS) is 10.9. The van der Waals surface area contributed by atoms with Crippen LogP contribution >= 0.6 is 22.9 Å². The summed E-state index contributed by atoms with van der Waals surface area (Å²) in [7, 11) is 1.88. The van der Waals surface area contributed by atoms with Crippen molar-refractivity contribution in [3.8, 4) is 5.75 Å². The van der Waals surface area contributed by atoms with E-state index in [1.165, 1.54) is 11.3 Å². The second-order valence-electron chi connectivity index (χ2n) is 5.10. The van der Waals surface area contributed by atoms with E-state index in [4.69, 9.17) is 16.3 Å². The lowest BCUT2D eigenvalue weighted by molar-refractivity contribution is 0.0951. The van der Waals surface area contributed by atoms with Gasteiger partial charge in [-0.2, -0.15) is 5.10 Å². The Labute approximate surface area is 142 Å². The van der Waals surface area contributed by atoms with Crippen LogP contribution in [-0.2, 0) is 7.05 Å². The fourth-order valence-electron chi connectivity index (χ4n) is 2.27. The van der Waals surface area contributed by atoms with E-state index >= 15 is 0 Å². The minimum absolute atomic E-state index is 0.0923. The highest BCUT2D eigenvalue weighted by molar-refractivity contribution is 7.20. The highest BCUT2D eigenvalue weighted by Crippen LogP contribution is 2.27. The number of thiophene rings is 1. The average Bonchev–Trinajstić information content (AvgIpc) is 3.08. The van der Waals surface area contributed by atoms with Gasteiger partial charge in [0.25, 0.3) is 5.91 Å². The first-order valence-electron chi connectivity index (χ1n) is 7.14. The first-order valence-corrected chi connectivity index (χ1v) is 8.34. The number of aromatic nitrogens is 2. The largest absolute Gasteiger partial charge is 0.492 e. The first kappa shape index (κ1) is 15.8. The number of carbonyl (C=O) groups excluding carboxylic acids is 1. The van der Waals surface area contributed by atoms with Gasteiger partial charge >= 0.3 is 0 Å². The van der Waals surface area contributed by atoms with Gasteiger partial charge in [0.2, 0.25) is 0 Å². The Bertz CT molecular complexity index is 805. The predicted octanol–water partition coefficient (Wildman–Crippen LogP) is 3.41. The quantitative estimate of drug-likeness (QED) is 0.718. The predicted molar refractivity (Wildman–Crippen MR) is 92.6 cm³/mol. The number of hydrogen-bond acceptors (Lipinski definition) is 4. The monoisotopic (exact) mass is 349 g/mol. The molecule has 0 aliphatic carbocycles. The molecule has 0 atom stereocenters. The number of hydrogen-bond donors (Lipinski definition) is 1. The Kier molecular flexibility index (Phi) is 4.54. The van der Waals surface area contributed by atoms with Gasteiger partial charge in [0.1, 0.15) is 17.2 Å². The van der Waals surface area contributed by atoms with Gasteiger partial charge in [0.05, 0.1) is 17.1 Å². The van der Waals surface area contributed by atoms with Crippen molar-refractivity contribution in [1.82, 2.24) is 15.1 Å². The van der Waals surface area contributed by atoms with E-state index in [1.54, 1.807) is 28.9 Å². The zero-order valence-electron chi connectivity index (χ0n) is 12.8. The SMILES string of the molecule is Cc1nn(C)c2sc(C(=O)NCCOc3ccc(Cl)cc3)cc12. The Morgan fingerprint density at radius 2 is 2.13 bits per heavy atom. The second kappa shape index (κ2) is 6.60. The van der Waals surface area contributed by atoms with Crippen LogP contribution in [0.5, 0.6) is 5.75 Å². The topological polar surface area (TPSA) is 56.2 Å². The fraction of sp³-hybridized carbons (Fsp3) is 0.250. The minimum Gasteiger partial charge on any atom is -0.492 e. The van der Waals surface area contributed by atoms with Crippen molar-refractivity contribution in [3.63, 3.8) is 0 Å². The molecular weight excluding hydrogens is 334 g/mol. The van der Waals surface area contributed by atoms with Gasteiger partial charge < -0.3 is 10.1 Å². The van der Waals surface area contributed by atoms with Gasteiger partial charge in [-0.05, 0) is 37.3 Å². The number of halogens is 1. The van der Waals surface area contributed by atoms with Crippen molar-refractivity contribution in [3.05, 3.63) is 45.9 Å². The maximum absolute atomic E-state index is 12.2. The first-order chi connectivity index (χ1) is 11.0. The van der Waals surface area contributed by atoms with Crippen LogP contribution in [0.4, 0.5) is 0 Å². The summed E-state index contributed by atoms with van der Waals surface area (Å²) in [6.07, 6.45) is 0. The summed E-state index contributed by atoms with van der Waals surface area (Å²) in [4.78, 5) is 13.9. The molecule has 7 heteroatoms. The van der Waals surface area contributed by atoms with Crippen molar-refractivity contribution in [2.75, 3.05) is 13.2 Å². The fourth-order valence-corrected chi connectivity index (χ4v) is 3.43. The van der Waals surface area contributed by atoms with E-state index in [0.29, 0.717) is 23.1 Å². The van der Waals surface area contributed by atoms with Gasteiger partial charge in [-0.15, -0.1) is 11.3 Å². The second-order valence-corrected chi connectivity index (χ2v) is 6.56. The van der Waals surface area contributed by atoms with E-state index in [0.717, 1.165) is 21.7 Å². The van der Waals surface area contributed by atoms with Crippen molar-refractivity contribution in [1.29, 1.82) is 0 Å². The number of amides is 1. The van der Waals surface area contributed by atoms with Crippen molar-refractivity contribution >= 4 is 39.1 Å². The zero-order valence-corrected chi connectivity index (χ0v) is 14.4. The smallest absolute Gasteiger partial charge is 0.261 e. The number of ether oxygens (including phenoxy) is 1. The molecule has 3 rings (SSSR count). The van der Waals surface area contributed by atoms with Crippen LogP contribution in [0.25, 0.3) is 10.2 Å². The maximum Gasteiger partial charge on any atom is 0.261 e. The standard InChI is InChI=1S/C16H16ClN3O2S/c1-10-13-9-14(23-16(13)20(2)19-10)15(21)18-7-8-22-12-5-3-11(17)4-6-12/h3-6,9H,7-8H2,1-2H3,(H,18,21). The van der Waals surface area contributed by atoms with Crippen LogP contribution in [-0.4, -0.2) is 28.8 Å². The molecule has 0 spiro atoms. The van der Waals surface area contributed by atoms with E-state index in [9.17, 15) is 4.79 Å². The number of rotatable bonds is 5. The molecular formula is C16H16ClN3O2S. The minimum atomic E-state index is -0.0923. The van der Waals surface area contributed by atoms with Gasteiger partial charge in [0.15, 0.2) is 0 Å². The zero-order chi connectivity index (χ0) is 16.4. The number of aryl methyl sites for hydroxylation is 2. The third-order valence-electron chi connectivity index (χ3n) is 3.39. The molecule has 0 fully saturated rings. The van der Waals surface area contributed by atoms with E-state index < -0.39 is 0 Å². The summed E-state index contributed by atoms with van der Waals surface area (Å²) in [6, 6.07) is 9.02. The summed E-state index contributed by atoms with van der Waals surface area (Å²) in [5.41, 5.74) is 0.934. The Morgan fingerprint density at radius 3 is 2.83 bits per heavy atom. The number of nitrogens with zero attached hydrogens (tertiary/aromatic N) is 2. The van der Waals surface area contributed by atoms with Crippen LogP contribution in [0, 0.1) is 6.92 Å². The number of benzene rings is 1. The molecule has 0 unspecified atom stereocenters. The molecule has 2 aromatic heterocycles. The Morgan fingerprint density at radius 1 is 1.39 bits per heavy atom. The molecule has 1 N–H and O–H groups in total. The maximum atomic E-state index is 12.2. The van der Waals surface area contributed by atoms with Gasteiger partial charge in [0, 0.05) is 17.5 Å². The summed E-state index contributed by atoms with van der Waals surface area (Å²) < 4.78 is 7.35. The molecule has 5 nitrogen and oxygen atoms in total. The highest BCUT2D eigenvalue weighted by Gasteiger charge is 2.14. The summed E-state index contributed by atoms with van der Waals surface area (Å²) in [6.45, 7) is 2.78. The Balaban J connectivity index is 1.54. The lowest BCUT2D eigenvalue weighted by atomic mass is 10.3. The van der Waals surface area contributed by atoms with E-state index in [-0.39, 0.29) is 5.91 Å². The molecule has 0 saturated carbocycles. The molecule has 23 heavy (non-hydrogen) atoms. The third kappa shape index (κ3) is 3.48. The lowest BCUT2D eigenvalue weighted by Crippen LogP contribution is -2.27. The number of carbonyl (C=O) groups is 1. The summed E-state index contributed by atoms with van der Waals surface area (Å²) in [5, 5.41) is 8.89. The average molecular weight is 350 g/mol. The Hall–Kier alpha value is -2.05. The molecule has 120 valence electrons. The third-order valence-corrected chi connectivity index (χ3v) is 4.84. The van der Waals surface area contributed by atoms with Crippen LogP contribution in [0.2, 0.25) is 5.02 Å². The van der Waals surface area contributed by atoms with Gasteiger partial charge in [-0.3, -0.25) is 9.48 Å².